The van der Waals surface area contributed by atoms with Gasteiger partial charge in [-0.1, -0.05) is 48.5 Å². The lowest BCUT2D eigenvalue weighted by Crippen LogP contribution is -2.31. The van der Waals surface area contributed by atoms with Crippen LogP contribution in [0.4, 0.5) is 0 Å². The zero-order valence-electron chi connectivity index (χ0n) is 16.1. The molecule has 2 N–H and O–H groups in total. The van der Waals surface area contributed by atoms with E-state index in [0.29, 0.717) is 0 Å². The van der Waals surface area contributed by atoms with Gasteiger partial charge in [0, 0.05) is 22.3 Å². The van der Waals surface area contributed by atoms with E-state index < -0.39 is 34.3 Å². The van der Waals surface area contributed by atoms with Gasteiger partial charge in [-0.15, -0.1) is 0 Å². The number of ketones is 4. The average molecular weight is 382 g/mol. The lowest BCUT2D eigenvalue weighted by atomic mass is 9.93. The van der Waals surface area contributed by atoms with Crippen LogP contribution in [0.25, 0.3) is 0 Å². The van der Waals surface area contributed by atoms with Crippen LogP contribution in [0.3, 0.4) is 0 Å². The van der Waals surface area contributed by atoms with Crippen LogP contribution in [0.1, 0.15) is 69.1 Å². The van der Waals surface area contributed by atoms with E-state index in [0.717, 1.165) is 0 Å². The van der Waals surface area contributed by atoms with Crippen LogP contribution in [0, 0.1) is 0 Å². The molecule has 0 atom stereocenters. The maximum atomic E-state index is 12.4. The highest BCUT2D eigenvalue weighted by Crippen LogP contribution is 2.17. The third kappa shape index (κ3) is 4.65. The number of benzene rings is 2. The second-order valence-electron chi connectivity index (χ2n) is 7.59. The van der Waals surface area contributed by atoms with E-state index in [9.17, 15) is 29.4 Å². The summed E-state index contributed by atoms with van der Waals surface area (Å²) in [5.41, 5.74) is -2.41. The first-order valence-electron chi connectivity index (χ1n) is 8.66. The van der Waals surface area contributed by atoms with Crippen LogP contribution in [-0.4, -0.2) is 44.5 Å². The van der Waals surface area contributed by atoms with Gasteiger partial charge in [0.25, 0.3) is 0 Å². The summed E-state index contributed by atoms with van der Waals surface area (Å²) in [6.45, 7) is 5.46. The Labute approximate surface area is 162 Å². The highest BCUT2D eigenvalue weighted by atomic mass is 16.3. The van der Waals surface area contributed by atoms with Gasteiger partial charge in [-0.05, 0) is 27.7 Å². The number of carbonyl (C=O) groups is 4. The Morgan fingerprint density at radius 2 is 0.750 bits per heavy atom. The molecule has 0 aliphatic rings. The zero-order valence-corrected chi connectivity index (χ0v) is 16.1. The van der Waals surface area contributed by atoms with Crippen LogP contribution < -0.4 is 0 Å². The number of aliphatic hydroxyl groups is 2. The van der Waals surface area contributed by atoms with Crippen molar-refractivity contribution in [1.29, 1.82) is 0 Å². The SMILES string of the molecule is CC(C)(O)C(=O)c1ccc(C(=O)C(=O)c2ccc(C(=O)C(C)(C)O)cc2)cc1. The fourth-order valence-corrected chi connectivity index (χ4v) is 2.51. The predicted molar refractivity (Wildman–Crippen MR) is 103 cm³/mol. The van der Waals surface area contributed by atoms with Crippen molar-refractivity contribution in [2.45, 2.75) is 38.9 Å². The molecular weight excluding hydrogens is 360 g/mol. The summed E-state index contributed by atoms with van der Waals surface area (Å²) in [5, 5.41) is 19.5. The van der Waals surface area contributed by atoms with Crippen molar-refractivity contribution in [3.63, 3.8) is 0 Å². The quantitative estimate of drug-likeness (QED) is 0.563. The minimum Gasteiger partial charge on any atom is -0.382 e. The van der Waals surface area contributed by atoms with Crippen LogP contribution in [0.15, 0.2) is 48.5 Å². The van der Waals surface area contributed by atoms with Gasteiger partial charge < -0.3 is 10.2 Å². The molecule has 0 aliphatic carbocycles. The summed E-state index contributed by atoms with van der Waals surface area (Å²) < 4.78 is 0. The molecule has 0 unspecified atom stereocenters. The number of hydrogen-bond donors (Lipinski definition) is 2. The summed E-state index contributed by atoms with van der Waals surface area (Å²) in [6, 6.07) is 10.9. The zero-order chi connectivity index (χ0) is 21.3. The molecule has 2 aromatic carbocycles. The van der Waals surface area contributed by atoms with Crippen molar-refractivity contribution in [3.8, 4) is 0 Å². The standard InChI is InChI=1S/C22H22O6/c1-21(2,27)19(25)15-9-5-13(6-10-15)17(23)18(24)14-7-11-16(12-8-14)20(26)22(3,4)28/h5-12,27-28H,1-4H3. The van der Waals surface area contributed by atoms with E-state index in [1.54, 1.807) is 0 Å². The smallest absolute Gasteiger partial charge is 0.233 e. The Morgan fingerprint density at radius 3 is 0.964 bits per heavy atom. The van der Waals surface area contributed by atoms with Gasteiger partial charge in [-0.25, -0.2) is 0 Å². The van der Waals surface area contributed by atoms with E-state index in [4.69, 9.17) is 0 Å². The van der Waals surface area contributed by atoms with Gasteiger partial charge in [-0.3, -0.25) is 19.2 Å². The minimum atomic E-state index is -1.54. The topological polar surface area (TPSA) is 109 Å². The van der Waals surface area contributed by atoms with Crippen LogP contribution in [0.2, 0.25) is 0 Å². The Balaban J connectivity index is 2.20. The maximum Gasteiger partial charge on any atom is 0.233 e. The summed E-state index contributed by atoms with van der Waals surface area (Å²) in [4.78, 5) is 48.8. The summed E-state index contributed by atoms with van der Waals surface area (Å²) in [6.07, 6.45) is 0. The molecule has 0 bridgehead atoms. The third-order valence-electron chi connectivity index (χ3n) is 4.14. The van der Waals surface area contributed by atoms with E-state index in [-0.39, 0.29) is 22.3 Å². The van der Waals surface area contributed by atoms with Crippen molar-refractivity contribution in [3.05, 3.63) is 70.8 Å². The molecule has 0 amide bonds. The fourth-order valence-electron chi connectivity index (χ4n) is 2.51. The minimum absolute atomic E-state index is 0.106. The molecule has 28 heavy (non-hydrogen) atoms. The molecule has 0 saturated heterocycles. The van der Waals surface area contributed by atoms with Crippen LogP contribution in [0.5, 0.6) is 0 Å². The van der Waals surface area contributed by atoms with E-state index in [2.05, 4.69) is 0 Å². The summed E-state index contributed by atoms with van der Waals surface area (Å²) in [7, 11) is 0. The maximum absolute atomic E-state index is 12.4. The average Bonchev–Trinajstić information content (AvgIpc) is 2.64. The molecule has 0 spiro atoms. The summed E-state index contributed by atoms with van der Waals surface area (Å²) >= 11 is 0. The number of hydrogen-bond acceptors (Lipinski definition) is 6. The summed E-state index contributed by atoms with van der Waals surface area (Å²) in [5.74, 6) is -2.51. The van der Waals surface area contributed by atoms with E-state index >= 15 is 0 Å². The van der Waals surface area contributed by atoms with Gasteiger partial charge in [-0.2, -0.15) is 0 Å². The normalized spacial score (nSPS) is 11.8. The molecular formula is C22H22O6. The number of Topliss-reactive ketones (excluding diaryl/α,β-unsaturated/α-hetero) is 4. The Morgan fingerprint density at radius 1 is 0.536 bits per heavy atom. The van der Waals surface area contributed by atoms with Crippen molar-refractivity contribution in [2.24, 2.45) is 0 Å². The molecule has 0 radical (unpaired) electrons. The lowest BCUT2D eigenvalue weighted by Gasteiger charge is -2.15. The number of rotatable bonds is 7. The highest BCUT2D eigenvalue weighted by molar-refractivity contribution is 6.49. The molecule has 2 rings (SSSR count). The van der Waals surface area contributed by atoms with Gasteiger partial charge in [0.1, 0.15) is 11.2 Å². The van der Waals surface area contributed by atoms with Gasteiger partial charge in [0.05, 0.1) is 0 Å². The Kier molecular flexibility index (Phi) is 5.77. The van der Waals surface area contributed by atoms with Gasteiger partial charge in [0.15, 0.2) is 11.6 Å². The van der Waals surface area contributed by atoms with E-state index in [1.165, 1.54) is 76.2 Å². The van der Waals surface area contributed by atoms with Crippen molar-refractivity contribution >= 4 is 23.1 Å². The van der Waals surface area contributed by atoms with E-state index in [1.807, 2.05) is 0 Å². The first-order valence-corrected chi connectivity index (χ1v) is 8.66. The van der Waals surface area contributed by atoms with Crippen molar-refractivity contribution in [1.82, 2.24) is 0 Å². The fraction of sp³-hybridized carbons (Fsp3) is 0.273. The third-order valence-corrected chi connectivity index (χ3v) is 4.14. The second-order valence-corrected chi connectivity index (χ2v) is 7.59. The molecule has 6 nitrogen and oxygen atoms in total. The first kappa shape index (κ1) is 21.3. The molecule has 0 aliphatic heterocycles. The van der Waals surface area contributed by atoms with Gasteiger partial charge >= 0.3 is 0 Å². The molecule has 2 aromatic rings. The molecule has 0 fully saturated rings. The molecule has 0 aromatic heterocycles. The second kappa shape index (κ2) is 7.58. The molecule has 0 heterocycles. The van der Waals surface area contributed by atoms with Crippen molar-refractivity contribution in [2.75, 3.05) is 0 Å². The Hall–Kier alpha value is -2.96. The monoisotopic (exact) mass is 382 g/mol. The molecule has 146 valence electrons. The van der Waals surface area contributed by atoms with Gasteiger partial charge in [0.2, 0.25) is 11.6 Å². The Bertz CT molecular complexity index is 843. The lowest BCUT2D eigenvalue weighted by molar-refractivity contribution is 0.0487. The first-order chi connectivity index (χ1) is 12.8. The highest BCUT2D eigenvalue weighted by Gasteiger charge is 2.27. The molecule has 0 saturated carbocycles. The molecule has 6 heteroatoms. The largest absolute Gasteiger partial charge is 0.382 e. The van der Waals surface area contributed by atoms with Crippen molar-refractivity contribution < 1.29 is 29.4 Å². The number of carbonyl (C=O) groups excluding carboxylic acids is 4. The van der Waals surface area contributed by atoms with Crippen LogP contribution >= 0.6 is 0 Å². The predicted octanol–water partition coefficient (Wildman–Crippen LogP) is 2.66. The van der Waals surface area contributed by atoms with Crippen LogP contribution in [-0.2, 0) is 0 Å².